The molecule has 1 rings (SSSR count). The Morgan fingerprint density at radius 2 is 2.11 bits per heavy atom. The molecular weight excluding hydrogens is 306 g/mol. The van der Waals surface area contributed by atoms with Crippen LogP contribution in [-0.2, 0) is 0 Å². The quantitative estimate of drug-likeness (QED) is 0.873. The lowest BCUT2D eigenvalue weighted by Gasteiger charge is -2.23. The van der Waals surface area contributed by atoms with Crippen molar-refractivity contribution in [2.75, 3.05) is 20.6 Å². The first kappa shape index (κ1) is 16.1. The highest BCUT2D eigenvalue weighted by molar-refractivity contribution is 9.10. The van der Waals surface area contributed by atoms with Gasteiger partial charge in [-0.2, -0.15) is 0 Å². The zero-order chi connectivity index (χ0) is 14.4. The van der Waals surface area contributed by atoms with Crippen molar-refractivity contribution in [3.05, 3.63) is 28.5 Å². The third kappa shape index (κ3) is 6.16. The zero-order valence-corrected chi connectivity index (χ0v) is 13.6. The number of pyridine rings is 1. The number of rotatable bonds is 6. The molecule has 0 saturated heterocycles. The van der Waals surface area contributed by atoms with Gasteiger partial charge >= 0.3 is 0 Å². The third-order valence-electron chi connectivity index (χ3n) is 2.64. The summed E-state index contributed by atoms with van der Waals surface area (Å²) in [5.41, 5.74) is 0.454. The molecule has 4 nitrogen and oxygen atoms in total. The fourth-order valence-electron chi connectivity index (χ4n) is 1.96. The number of amides is 1. The molecule has 1 N–H and O–H groups in total. The van der Waals surface area contributed by atoms with Crippen molar-refractivity contribution in [1.82, 2.24) is 15.2 Å². The van der Waals surface area contributed by atoms with Crippen LogP contribution >= 0.6 is 15.9 Å². The molecule has 0 aliphatic rings. The Hall–Kier alpha value is -0.940. The number of nitrogens with zero attached hydrogens (tertiary/aromatic N) is 2. The van der Waals surface area contributed by atoms with Crippen molar-refractivity contribution in [3.8, 4) is 0 Å². The van der Waals surface area contributed by atoms with E-state index in [0.29, 0.717) is 11.6 Å². The van der Waals surface area contributed by atoms with Crippen molar-refractivity contribution in [2.45, 2.75) is 26.3 Å². The molecule has 1 unspecified atom stereocenters. The van der Waals surface area contributed by atoms with Gasteiger partial charge in [-0.15, -0.1) is 0 Å². The van der Waals surface area contributed by atoms with E-state index in [-0.39, 0.29) is 11.9 Å². The predicted octanol–water partition coefficient (Wildman–Crippen LogP) is 2.55. The molecule has 1 atom stereocenters. The van der Waals surface area contributed by atoms with Gasteiger partial charge in [-0.3, -0.25) is 4.79 Å². The summed E-state index contributed by atoms with van der Waals surface area (Å²) in [6.45, 7) is 5.15. The summed E-state index contributed by atoms with van der Waals surface area (Å²) in [6, 6.07) is 3.69. The van der Waals surface area contributed by atoms with Crippen LogP contribution in [0.5, 0.6) is 0 Å². The van der Waals surface area contributed by atoms with Crippen LogP contribution in [0.1, 0.15) is 30.8 Å². The van der Waals surface area contributed by atoms with Gasteiger partial charge in [0.15, 0.2) is 0 Å². The Morgan fingerprint density at radius 3 is 2.58 bits per heavy atom. The fraction of sp³-hybridized carbons (Fsp3) is 0.571. The van der Waals surface area contributed by atoms with E-state index in [1.54, 1.807) is 12.3 Å². The molecule has 19 heavy (non-hydrogen) atoms. The van der Waals surface area contributed by atoms with Gasteiger partial charge in [0, 0.05) is 23.3 Å². The van der Waals surface area contributed by atoms with Crippen LogP contribution < -0.4 is 5.32 Å². The van der Waals surface area contributed by atoms with Gasteiger partial charge < -0.3 is 10.2 Å². The van der Waals surface area contributed by atoms with Gasteiger partial charge in [0.2, 0.25) is 0 Å². The van der Waals surface area contributed by atoms with Crippen LogP contribution in [0, 0.1) is 5.92 Å². The molecule has 1 aromatic rings. The molecule has 0 aromatic carbocycles. The Balaban J connectivity index is 2.66. The number of carbonyl (C=O) groups excluding carboxylic acids is 1. The predicted molar refractivity (Wildman–Crippen MR) is 81.2 cm³/mol. The number of halogens is 1. The molecule has 1 heterocycles. The number of carbonyl (C=O) groups is 1. The van der Waals surface area contributed by atoms with E-state index in [9.17, 15) is 4.79 Å². The topological polar surface area (TPSA) is 45.2 Å². The maximum absolute atomic E-state index is 12.1. The lowest BCUT2D eigenvalue weighted by molar-refractivity contribution is 0.0919. The van der Waals surface area contributed by atoms with Crippen molar-refractivity contribution in [2.24, 2.45) is 5.92 Å². The number of nitrogens with one attached hydrogen (secondary N) is 1. The first-order chi connectivity index (χ1) is 8.88. The summed E-state index contributed by atoms with van der Waals surface area (Å²) in [6.07, 6.45) is 2.60. The van der Waals surface area contributed by atoms with Gasteiger partial charge in [-0.05, 0) is 54.5 Å². The second-order valence-corrected chi connectivity index (χ2v) is 6.34. The molecule has 1 aromatic heterocycles. The van der Waals surface area contributed by atoms with Gasteiger partial charge in [-0.25, -0.2) is 4.98 Å². The standard InChI is InChI=1S/C14H22BrN3O/c1-10(2)7-12(9-18(3)4)17-14(19)13-6-5-11(15)8-16-13/h5-6,8,10,12H,7,9H2,1-4H3,(H,17,19). The van der Waals surface area contributed by atoms with Crippen LogP contribution in [0.4, 0.5) is 0 Å². The number of hydrogen-bond donors (Lipinski definition) is 1. The second-order valence-electron chi connectivity index (χ2n) is 5.42. The zero-order valence-electron chi connectivity index (χ0n) is 12.0. The third-order valence-corrected chi connectivity index (χ3v) is 3.11. The molecular formula is C14H22BrN3O. The lowest BCUT2D eigenvalue weighted by atomic mass is 10.0. The SMILES string of the molecule is CC(C)CC(CN(C)C)NC(=O)c1ccc(Br)cn1. The van der Waals surface area contributed by atoms with E-state index in [2.05, 4.69) is 45.0 Å². The second kappa shape index (κ2) is 7.60. The van der Waals surface area contributed by atoms with E-state index in [0.717, 1.165) is 17.4 Å². The molecule has 0 aliphatic carbocycles. The number of likely N-dealkylation sites (N-methyl/N-ethyl adjacent to an activating group) is 1. The highest BCUT2D eigenvalue weighted by atomic mass is 79.9. The average Bonchev–Trinajstić information content (AvgIpc) is 2.27. The van der Waals surface area contributed by atoms with Crippen molar-refractivity contribution in [1.29, 1.82) is 0 Å². The van der Waals surface area contributed by atoms with Crippen molar-refractivity contribution >= 4 is 21.8 Å². The number of aromatic nitrogens is 1. The minimum atomic E-state index is -0.111. The van der Waals surface area contributed by atoms with Crippen LogP contribution in [-0.4, -0.2) is 42.5 Å². The molecule has 106 valence electrons. The Kier molecular flexibility index (Phi) is 6.45. The summed E-state index contributed by atoms with van der Waals surface area (Å²) in [7, 11) is 4.02. The van der Waals surface area contributed by atoms with E-state index < -0.39 is 0 Å². The average molecular weight is 328 g/mol. The molecule has 0 saturated carbocycles. The minimum Gasteiger partial charge on any atom is -0.347 e. The monoisotopic (exact) mass is 327 g/mol. The van der Waals surface area contributed by atoms with E-state index in [1.807, 2.05) is 20.2 Å². The maximum Gasteiger partial charge on any atom is 0.270 e. The van der Waals surface area contributed by atoms with Gasteiger partial charge in [-0.1, -0.05) is 13.8 Å². The summed E-state index contributed by atoms with van der Waals surface area (Å²) < 4.78 is 0.871. The number of hydrogen-bond acceptors (Lipinski definition) is 3. The lowest BCUT2D eigenvalue weighted by Crippen LogP contribution is -2.42. The smallest absolute Gasteiger partial charge is 0.270 e. The van der Waals surface area contributed by atoms with E-state index in [4.69, 9.17) is 0 Å². The maximum atomic E-state index is 12.1. The molecule has 0 radical (unpaired) electrons. The first-order valence-electron chi connectivity index (χ1n) is 6.45. The molecule has 0 bridgehead atoms. The molecule has 5 heteroatoms. The molecule has 0 spiro atoms. The normalized spacial score (nSPS) is 12.8. The van der Waals surface area contributed by atoms with E-state index in [1.165, 1.54) is 0 Å². The Morgan fingerprint density at radius 1 is 1.42 bits per heavy atom. The fourth-order valence-corrected chi connectivity index (χ4v) is 2.19. The van der Waals surface area contributed by atoms with Gasteiger partial charge in [0.25, 0.3) is 5.91 Å². The molecule has 0 fully saturated rings. The summed E-state index contributed by atoms with van der Waals surface area (Å²) in [5.74, 6) is 0.433. The summed E-state index contributed by atoms with van der Waals surface area (Å²) in [4.78, 5) is 18.3. The van der Waals surface area contributed by atoms with Crippen molar-refractivity contribution in [3.63, 3.8) is 0 Å². The largest absolute Gasteiger partial charge is 0.347 e. The Bertz CT molecular complexity index is 394. The van der Waals surface area contributed by atoms with Crippen molar-refractivity contribution < 1.29 is 4.79 Å². The minimum absolute atomic E-state index is 0.111. The van der Waals surface area contributed by atoms with Crippen LogP contribution in [0.25, 0.3) is 0 Å². The summed E-state index contributed by atoms with van der Waals surface area (Å²) in [5, 5.41) is 3.06. The van der Waals surface area contributed by atoms with Crippen LogP contribution in [0.3, 0.4) is 0 Å². The van der Waals surface area contributed by atoms with Crippen LogP contribution in [0.2, 0.25) is 0 Å². The molecule has 0 aliphatic heterocycles. The van der Waals surface area contributed by atoms with Gasteiger partial charge in [0.1, 0.15) is 5.69 Å². The molecule has 1 amide bonds. The van der Waals surface area contributed by atoms with E-state index >= 15 is 0 Å². The first-order valence-corrected chi connectivity index (χ1v) is 7.25. The van der Waals surface area contributed by atoms with Gasteiger partial charge in [0.05, 0.1) is 0 Å². The Labute approximate surface area is 123 Å². The highest BCUT2D eigenvalue weighted by Gasteiger charge is 2.16. The van der Waals surface area contributed by atoms with Crippen LogP contribution in [0.15, 0.2) is 22.8 Å². The highest BCUT2D eigenvalue weighted by Crippen LogP contribution is 2.09. The summed E-state index contributed by atoms with van der Waals surface area (Å²) >= 11 is 3.31.